The molecular formula is C13H9F3N2O3. The summed E-state index contributed by atoms with van der Waals surface area (Å²) < 4.78 is 39.6. The van der Waals surface area contributed by atoms with Crippen molar-refractivity contribution in [2.75, 3.05) is 11.1 Å². The molecule has 0 heterocycles. The zero-order chi connectivity index (χ0) is 15.7. The molecule has 5 N–H and O–H groups in total. The van der Waals surface area contributed by atoms with Gasteiger partial charge in [0.25, 0.3) is 5.91 Å². The number of carbonyl (C=O) groups is 1. The molecule has 0 aliphatic heterocycles. The number of nitrogen functional groups attached to an aromatic ring is 1. The van der Waals surface area contributed by atoms with Gasteiger partial charge in [0, 0.05) is 6.07 Å². The van der Waals surface area contributed by atoms with Gasteiger partial charge in [-0.05, 0) is 18.2 Å². The Labute approximate surface area is 116 Å². The van der Waals surface area contributed by atoms with Gasteiger partial charge in [-0.15, -0.1) is 0 Å². The zero-order valence-corrected chi connectivity index (χ0v) is 10.3. The van der Waals surface area contributed by atoms with Crippen molar-refractivity contribution in [1.29, 1.82) is 0 Å². The van der Waals surface area contributed by atoms with Crippen molar-refractivity contribution in [2.45, 2.75) is 0 Å². The lowest BCUT2D eigenvalue weighted by molar-refractivity contribution is 0.102. The second-order valence-corrected chi connectivity index (χ2v) is 4.11. The number of halogens is 3. The number of carbonyl (C=O) groups excluding carboxylic acids is 1. The fourth-order valence-corrected chi connectivity index (χ4v) is 1.61. The third-order valence-electron chi connectivity index (χ3n) is 2.66. The van der Waals surface area contributed by atoms with Gasteiger partial charge < -0.3 is 21.3 Å². The summed E-state index contributed by atoms with van der Waals surface area (Å²) in [5, 5.41) is 20.4. The number of phenolic OH excluding ortho intramolecular Hbond substituents is 2. The van der Waals surface area contributed by atoms with Gasteiger partial charge in [-0.3, -0.25) is 4.79 Å². The van der Waals surface area contributed by atoms with Crippen LogP contribution in [0.1, 0.15) is 10.4 Å². The van der Waals surface area contributed by atoms with E-state index in [0.29, 0.717) is 6.07 Å². The minimum absolute atomic E-state index is 0.0180. The molecule has 0 saturated heterocycles. The fraction of sp³-hybridized carbons (Fsp3) is 0. The third kappa shape index (κ3) is 2.69. The zero-order valence-electron chi connectivity index (χ0n) is 10.3. The number of nitrogens with one attached hydrogen (secondary N) is 1. The molecular weight excluding hydrogens is 289 g/mol. The van der Waals surface area contributed by atoms with Crippen LogP contribution in [0.4, 0.5) is 24.5 Å². The van der Waals surface area contributed by atoms with Gasteiger partial charge >= 0.3 is 0 Å². The number of hydrogen-bond donors (Lipinski definition) is 4. The van der Waals surface area contributed by atoms with Crippen LogP contribution in [0.3, 0.4) is 0 Å². The first-order chi connectivity index (χ1) is 9.81. The number of phenols is 2. The molecule has 0 bridgehead atoms. The van der Waals surface area contributed by atoms with Crippen LogP contribution in [-0.4, -0.2) is 16.1 Å². The third-order valence-corrected chi connectivity index (χ3v) is 2.66. The van der Waals surface area contributed by atoms with Gasteiger partial charge in [0.2, 0.25) is 5.82 Å². The Morgan fingerprint density at radius 3 is 2.38 bits per heavy atom. The van der Waals surface area contributed by atoms with E-state index in [2.05, 4.69) is 5.32 Å². The van der Waals surface area contributed by atoms with Crippen molar-refractivity contribution in [3.8, 4) is 11.5 Å². The highest BCUT2D eigenvalue weighted by Gasteiger charge is 2.22. The van der Waals surface area contributed by atoms with E-state index in [0.717, 1.165) is 6.07 Å². The van der Waals surface area contributed by atoms with Gasteiger partial charge in [-0.1, -0.05) is 0 Å². The molecule has 8 heteroatoms. The van der Waals surface area contributed by atoms with Gasteiger partial charge in [-0.2, -0.15) is 4.39 Å². The standard InChI is InChI=1S/C13H9F3N2O3/c14-7-4-6(10(15)12(20)11(7)16)13(21)18-9-2-1-5(19)3-8(9)17/h1-4,19-20H,17H2,(H,18,21). The average molecular weight is 298 g/mol. The number of nitrogens with two attached hydrogens (primary N) is 1. The van der Waals surface area contributed by atoms with E-state index >= 15 is 0 Å². The molecule has 2 rings (SSSR count). The van der Waals surface area contributed by atoms with E-state index < -0.39 is 34.7 Å². The molecule has 0 saturated carbocycles. The van der Waals surface area contributed by atoms with Crippen molar-refractivity contribution < 1.29 is 28.2 Å². The molecule has 0 aromatic heterocycles. The lowest BCUT2D eigenvalue weighted by atomic mass is 10.1. The molecule has 0 aliphatic carbocycles. The SMILES string of the molecule is Nc1cc(O)ccc1NC(=O)c1cc(F)c(F)c(O)c1F. The summed E-state index contributed by atoms with van der Waals surface area (Å²) in [4.78, 5) is 11.8. The number of hydrogen-bond acceptors (Lipinski definition) is 4. The Balaban J connectivity index is 2.37. The molecule has 0 spiro atoms. The molecule has 2 aromatic carbocycles. The highest BCUT2D eigenvalue weighted by atomic mass is 19.2. The summed E-state index contributed by atoms with van der Waals surface area (Å²) in [5.41, 5.74) is 4.64. The van der Waals surface area contributed by atoms with E-state index in [1.165, 1.54) is 12.1 Å². The maximum Gasteiger partial charge on any atom is 0.258 e. The fourth-order valence-electron chi connectivity index (χ4n) is 1.61. The maximum absolute atomic E-state index is 13.6. The molecule has 110 valence electrons. The average Bonchev–Trinajstić information content (AvgIpc) is 2.43. The predicted molar refractivity (Wildman–Crippen MR) is 68.5 cm³/mol. The van der Waals surface area contributed by atoms with Crippen molar-refractivity contribution in [2.24, 2.45) is 0 Å². The second kappa shape index (κ2) is 5.23. The first-order valence-electron chi connectivity index (χ1n) is 5.57. The quantitative estimate of drug-likeness (QED) is 0.389. The number of amides is 1. The molecule has 0 unspecified atom stereocenters. The largest absolute Gasteiger partial charge is 0.508 e. The first-order valence-corrected chi connectivity index (χ1v) is 5.57. The monoisotopic (exact) mass is 298 g/mol. The van der Waals surface area contributed by atoms with E-state index in [1.54, 1.807) is 0 Å². The Morgan fingerprint density at radius 2 is 1.76 bits per heavy atom. The normalized spacial score (nSPS) is 10.4. The minimum Gasteiger partial charge on any atom is -0.508 e. The smallest absolute Gasteiger partial charge is 0.258 e. The summed E-state index contributed by atoms with van der Waals surface area (Å²) in [7, 11) is 0. The van der Waals surface area contributed by atoms with Gasteiger partial charge in [0.15, 0.2) is 17.4 Å². The van der Waals surface area contributed by atoms with Crippen LogP contribution >= 0.6 is 0 Å². The Kier molecular flexibility index (Phi) is 3.62. The Morgan fingerprint density at radius 1 is 1.10 bits per heavy atom. The van der Waals surface area contributed by atoms with Crippen molar-refractivity contribution in [1.82, 2.24) is 0 Å². The number of benzene rings is 2. The van der Waals surface area contributed by atoms with Crippen LogP contribution in [-0.2, 0) is 0 Å². The van der Waals surface area contributed by atoms with Crippen LogP contribution in [0.15, 0.2) is 24.3 Å². The highest BCUT2D eigenvalue weighted by molar-refractivity contribution is 6.06. The minimum atomic E-state index is -1.78. The predicted octanol–water partition coefficient (Wildman–Crippen LogP) is 2.35. The van der Waals surface area contributed by atoms with E-state index in [9.17, 15) is 18.0 Å². The number of anilines is 2. The second-order valence-electron chi connectivity index (χ2n) is 4.11. The summed E-state index contributed by atoms with van der Waals surface area (Å²) in [5.74, 6) is -7.82. The van der Waals surface area contributed by atoms with E-state index in [1.807, 2.05) is 0 Å². The molecule has 0 atom stereocenters. The maximum atomic E-state index is 13.6. The molecule has 0 fully saturated rings. The molecule has 2 aromatic rings. The van der Waals surface area contributed by atoms with E-state index in [-0.39, 0.29) is 17.1 Å². The summed E-state index contributed by atoms with van der Waals surface area (Å²) in [6.07, 6.45) is 0. The Bertz CT molecular complexity index is 735. The molecule has 5 nitrogen and oxygen atoms in total. The van der Waals surface area contributed by atoms with Crippen LogP contribution in [0.5, 0.6) is 11.5 Å². The summed E-state index contributed by atoms with van der Waals surface area (Å²) in [6.45, 7) is 0. The summed E-state index contributed by atoms with van der Waals surface area (Å²) >= 11 is 0. The first kappa shape index (κ1) is 14.5. The molecule has 1 amide bonds. The van der Waals surface area contributed by atoms with Gasteiger partial charge in [-0.25, -0.2) is 8.78 Å². The van der Waals surface area contributed by atoms with Gasteiger partial charge in [0.05, 0.1) is 16.9 Å². The number of aromatic hydroxyl groups is 2. The highest BCUT2D eigenvalue weighted by Crippen LogP contribution is 2.28. The van der Waals surface area contributed by atoms with Crippen LogP contribution < -0.4 is 11.1 Å². The lowest BCUT2D eigenvalue weighted by Gasteiger charge is -2.10. The molecule has 0 radical (unpaired) electrons. The van der Waals surface area contributed by atoms with Gasteiger partial charge in [0.1, 0.15) is 5.75 Å². The van der Waals surface area contributed by atoms with Crippen molar-refractivity contribution in [3.63, 3.8) is 0 Å². The van der Waals surface area contributed by atoms with Crippen LogP contribution in [0, 0.1) is 17.5 Å². The van der Waals surface area contributed by atoms with Crippen molar-refractivity contribution in [3.05, 3.63) is 47.3 Å². The number of rotatable bonds is 2. The van der Waals surface area contributed by atoms with Crippen molar-refractivity contribution >= 4 is 17.3 Å². The molecule has 0 aliphatic rings. The van der Waals surface area contributed by atoms with Crippen LogP contribution in [0.2, 0.25) is 0 Å². The van der Waals surface area contributed by atoms with E-state index in [4.69, 9.17) is 15.9 Å². The topological polar surface area (TPSA) is 95.6 Å². The van der Waals surface area contributed by atoms with Crippen LogP contribution in [0.25, 0.3) is 0 Å². The molecule has 21 heavy (non-hydrogen) atoms. The Hall–Kier alpha value is -2.90. The summed E-state index contributed by atoms with van der Waals surface area (Å²) in [6, 6.07) is 3.90. The lowest BCUT2D eigenvalue weighted by Crippen LogP contribution is -2.16.